The van der Waals surface area contributed by atoms with Crippen molar-refractivity contribution in [2.45, 2.75) is 31.7 Å². The quantitative estimate of drug-likeness (QED) is 0.864. The number of nitrogens with zero attached hydrogens (tertiary/aromatic N) is 3. The van der Waals surface area contributed by atoms with Crippen LogP contribution in [0.15, 0.2) is 18.3 Å². The number of anilines is 2. The number of nitrogen functional groups attached to an aromatic ring is 1. The summed E-state index contributed by atoms with van der Waals surface area (Å²) < 4.78 is 0. The number of aromatic nitrogens is 1. The van der Waals surface area contributed by atoms with Gasteiger partial charge in [-0.25, -0.2) is 9.78 Å². The Morgan fingerprint density at radius 1 is 1.24 bits per heavy atom. The van der Waals surface area contributed by atoms with Crippen molar-refractivity contribution >= 4 is 17.5 Å². The molecule has 1 aromatic rings. The normalized spacial score (nSPS) is 21.0. The van der Waals surface area contributed by atoms with Crippen LogP contribution in [0.2, 0.25) is 0 Å². The molecule has 2 saturated heterocycles. The minimum Gasteiger partial charge on any atom is -0.396 e. The molecular formula is C15H23N5O. The van der Waals surface area contributed by atoms with Gasteiger partial charge in [-0.3, -0.25) is 0 Å². The molecule has 0 spiro atoms. The van der Waals surface area contributed by atoms with E-state index >= 15 is 0 Å². The topological polar surface area (TPSA) is 74.5 Å². The highest BCUT2D eigenvalue weighted by molar-refractivity contribution is 5.74. The molecule has 1 aromatic heterocycles. The van der Waals surface area contributed by atoms with Crippen LogP contribution in [-0.2, 0) is 0 Å². The number of urea groups is 1. The van der Waals surface area contributed by atoms with Crippen LogP contribution < -0.4 is 16.0 Å². The van der Waals surface area contributed by atoms with E-state index < -0.39 is 0 Å². The molecule has 0 aromatic carbocycles. The molecule has 2 aliphatic rings. The van der Waals surface area contributed by atoms with Crippen LogP contribution in [0.1, 0.15) is 25.7 Å². The summed E-state index contributed by atoms with van der Waals surface area (Å²) in [6, 6.07) is 4.18. The Kier molecular flexibility index (Phi) is 4.13. The first-order valence-corrected chi connectivity index (χ1v) is 7.75. The van der Waals surface area contributed by atoms with Crippen LogP contribution in [0.4, 0.5) is 16.3 Å². The van der Waals surface area contributed by atoms with Gasteiger partial charge in [-0.05, 0) is 37.8 Å². The Morgan fingerprint density at radius 2 is 2.05 bits per heavy atom. The number of rotatable bonds is 2. The van der Waals surface area contributed by atoms with E-state index in [4.69, 9.17) is 5.73 Å². The minimum absolute atomic E-state index is 0.100. The van der Waals surface area contributed by atoms with Crippen molar-refractivity contribution in [3.8, 4) is 0 Å². The van der Waals surface area contributed by atoms with E-state index in [1.165, 1.54) is 0 Å². The van der Waals surface area contributed by atoms with Crippen LogP contribution in [-0.4, -0.2) is 48.1 Å². The molecule has 2 amide bonds. The highest BCUT2D eigenvalue weighted by Crippen LogP contribution is 2.25. The molecule has 0 saturated carbocycles. The summed E-state index contributed by atoms with van der Waals surface area (Å²) in [6.45, 7) is 3.48. The molecular weight excluding hydrogens is 266 g/mol. The number of pyridine rings is 1. The number of hydrogen-bond acceptors (Lipinski definition) is 4. The van der Waals surface area contributed by atoms with E-state index in [1.807, 2.05) is 17.0 Å². The van der Waals surface area contributed by atoms with Crippen molar-refractivity contribution in [1.82, 2.24) is 15.2 Å². The Balaban J connectivity index is 1.62. The predicted molar refractivity (Wildman–Crippen MR) is 83.2 cm³/mol. The molecule has 3 heterocycles. The summed E-state index contributed by atoms with van der Waals surface area (Å²) >= 11 is 0. The summed E-state index contributed by atoms with van der Waals surface area (Å²) in [5.74, 6) is 0.872. The van der Waals surface area contributed by atoms with Gasteiger partial charge in [0.1, 0.15) is 0 Å². The fourth-order valence-corrected chi connectivity index (χ4v) is 3.22. The predicted octanol–water partition coefficient (Wildman–Crippen LogP) is 1.44. The molecule has 3 rings (SSSR count). The van der Waals surface area contributed by atoms with E-state index in [0.717, 1.165) is 63.4 Å². The zero-order valence-electron chi connectivity index (χ0n) is 12.3. The van der Waals surface area contributed by atoms with E-state index in [2.05, 4.69) is 15.2 Å². The minimum atomic E-state index is 0.100. The third-order valence-corrected chi connectivity index (χ3v) is 4.38. The van der Waals surface area contributed by atoms with Gasteiger partial charge in [0.05, 0.1) is 5.69 Å². The molecule has 6 nitrogen and oxygen atoms in total. The van der Waals surface area contributed by atoms with Crippen molar-refractivity contribution in [2.24, 2.45) is 0 Å². The SMILES string of the molecule is Nc1cccnc1N1CCC(N2CCCCNC2=O)CC1. The Bertz CT molecular complexity index is 499. The second kappa shape index (κ2) is 6.20. The first kappa shape index (κ1) is 14.0. The summed E-state index contributed by atoms with van der Waals surface area (Å²) in [5.41, 5.74) is 6.72. The lowest BCUT2D eigenvalue weighted by atomic mass is 10.0. The average molecular weight is 289 g/mol. The second-order valence-electron chi connectivity index (χ2n) is 5.77. The Morgan fingerprint density at radius 3 is 2.81 bits per heavy atom. The van der Waals surface area contributed by atoms with Gasteiger partial charge in [0, 0.05) is 38.4 Å². The van der Waals surface area contributed by atoms with Crippen molar-refractivity contribution in [2.75, 3.05) is 36.8 Å². The summed E-state index contributed by atoms with van der Waals surface area (Å²) in [5, 5.41) is 2.98. The summed E-state index contributed by atoms with van der Waals surface area (Å²) in [7, 11) is 0. The van der Waals surface area contributed by atoms with Gasteiger partial charge < -0.3 is 20.9 Å². The van der Waals surface area contributed by atoms with Gasteiger partial charge in [0.15, 0.2) is 5.82 Å². The standard InChI is InChI=1S/C15H23N5O/c16-13-4-3-8-17-14(13)19-10-5-12(6-11-19)20-9-2-1-7-18-15(20)21/h3-4,8,12H,1-2,5-7,9-11,16H2,(H,18,21). The molecule has 6 heteroatoms. The highest BCUT2D eigenvalue weighted by atomic mass is 16.2. The fourth-order valence-electron chi connectivity index (χ4n) is 3.22. The van der Waals surface area contributed by atoms with E-state index in [0.29, 0.717) is 6.04 Å². The lowest BCUT2D eigenvalue weighted by Crippen LogP contribution is -2.50. The second-order valence-corrected chi connectivity index (χ2v) is 5.77. The van der Waals surface area contributed by atoms with Crippen molar-refractivity contribution in [1.29, 1.82) is 0 Å². The maximum atomic E-state index is 12.1. The molecule has 0 unspecified atom stereocenters. The number of carbonyl (C=O) groups is 1. The fraction of sp³-hybridized carbons (Fsp3) is 0.600. The van der Waals surface area contributed by atoms with Crippen LogP contribution in [0.25, 0.3) is 0 Å². The van der Waals surface area contributed by atoms with Crippen molar-refractivity contribution in [3.63, 3.8) is 0 Å². The molecule has 2 fully saturated rings. The third kappa shape index (κ3) is 3.04. The van der Waals surface area contributed by atoms with Crippen LogP contribution in [0.5, 0.6) is 0 Å². The average Bonchev–Trinajstić information content (AvgIpc) is 2.73. The number of piperidine rings is 1. The van der Waals surface area contributed by atoms with Crippen LogP contribution in [0, 0.1) is 0 Å². The molecule has 2 aliphatic heterocycles. The summed E-state index contributed by atoms with van der Waals surface area (Å²) in [4.78, 5) is 20.7. The number of amides is 2. The smallest absolute Gasteiger partial charge is 0.317 e. The van der Waals surface area contributed by atoms with E-state index in [9.17, 15) is 4.79 Å². The van der Waals surface area contributed by atoms with Crippen LogP contribution >= 0.6 is 0 Å². The molecule has 0 aliphatic carbocycles. The maximum absolute atomic E-state index is 12.1. The van der Waals surface area contributed by atoms with Crippen molar-refractivity contribution < 1.29 is 4.79 Å². The Hall–Kier alpha value is -1.98. The molecule has 0 bridgehead atoms. The molecule has 0 radical (unpaired) electrons. The van der Waals surface area contributed by atoms with Gasteiger partial charge >= 0.3 is 6.03 Å². The first-order valence-electron chi connectivity index (χ1n) is 7.75. The molecule has 0 atom stereocenters. The van der Waals surface area contributed by atoms with Gasteiger partial charge in [-0.2, -0.15) is 0 Å². The van der Waals surface area contributed by atoms with E-state index in [-0.39, 0.29) is 6.03 Å². The van der Waals surface area contributed by atoms with Crippen LogP contribution in [0.3, 0.4) is 0 Å². The lowest BCUT2D eigenvalue weighted by Gasteiger charge is -2.38. The number of nitrogens with two attached hydrogens (primary N) is 1. The zero-order valence-corrected chi connectivity index (χ0v) is 12.3. The lowest BCUT2D eigenvalue weighted by molar-refractivity contribution is 0.167. The van der Waals surface area contributed by atoms with Crippen molar-refractivity contribution in [3.05, 3.63) is 18.3 Å². The zero-order chi connectivity index (χ0) is 14.7. The number of nitrogens with one attached hydrogen (secondary N) is 1. The Labute approximate surface area is 125 Å². The monoisotopic (exact) mass is 289 g/mol. The number of carbonyl (C=O) groups excluding carboxylic acids is 1. The number of hydrogen-bond donors (Lipinski definition) is 2. The molecule has 3 N–H and O–H groups in total. The molecule has 114 valence electrons. The van der Waals surface area contributed by atoms with Gasteiger partial charge in [-0.15, -0.1) is 0 Å². The maximum Gasteiger partial charge on any atom is 0.317 e. The third-order valence-electron chi connectivity index (χ3n) is 4.38. The van der Waals surface area contributed by atoms with E-state index in [1.54, 1.807) is 6.20 Å². The van der Waals surface area contributed by atoms with Gasteiger partial charge in [0.2, 0.25) is 0 Å². The summed E-state index contributed by atoms with van der Waals surface area (Å²) in [6.07, 6.45) is 5.89. The largest absolute Gasteiger partial charge is 0.396 e. The van der Waals surface area contributed by atoms with Gasteiger partial charge in [-0.1, -0.05) is 0 Å². The first-order chi connectivity index (χ1) is 10.3. The molecule has 21 heavy (non-hydrogen) atoms. The highest BCUT2D eigenvalue weighted by Gasteiger charge is 2.29. The van der Waals surface area contributed by atoms with Gasteiger partial charge in [0.25, 0.3) is 0 Å².